The van der Waals surface area contributed by atoms with Crippen LogP contribution in [0.1, 0.15) is 27.2 Å². The molecule has 0 bridgehead atoms. The normalized spacial score (nSPS) is 11.1. The first-order chi connectivity index (χ1) is 6.40. The smallest absolute Gasteiger partial charge is 0.328 e. The van der Waals surface area contributed by atoms with Gasteiger partial charge in [0.2, 0.25) is 5.91 Å². The third-order valence-electron chi connectivity index (χ3n) is 1.57. The molecule has 82 valence electrons. The number of hydrogen-bond acceptors (Lipinski definition) is 3. The molecule has 0 saturated carbocycles. The zero-order valence-corrected chi connectivity index (χ0v) is 8.79. The molecule has 5 nitrogen and oxygen atoms in total. The molecule has 0 heterocycles. The van der Waals surface area contributed by atoms with Crippen LogP contribution in [-0.2, 0) is 14.3 Å². The molecule has 0 saturated heterocycles. The average molecular weight is 203 g/mol. The zero-order chi connectivity index (χ0) is 11.2. The Morgan fingerprint density at radius 1 is 1.43 bits per heavy atom. The van der Waals surface area contributed by atoms with Gasteiger partial charge in [0.15, 0.2) is 0 Å². The lowest BCUT2D eigenvalue weighted by atomic mass is 10.1. The summed E-state index contributed by atoms with van der Waals surface area (Å²) in [7, 11) is 0. The van der Waals surface area contributed by atoms with E-state index in [0.29, 0.717) is 6.61 Å². The van der Waals surface area contributed by atoms with Gasteiger partial charge in [-0.15, -0.1) is 0 Å². The lowest BCUT2D eigenvalue weighted by Crippen LogP contribution is -2.50. The van der Waals surface area contributed by atoms with E-state index in [2.05, 4.69) is 5.32 Å². The van der Waals surface area contributed by atoms with E-state index in [-0.39, 0.29) is 6.61 Å². The number of ether oxygens (including phenoxy) is 1. The predicted molar refractivity (Wildman–Crippen MR) is 51.0 cm³/mol. The first-order valence-corrected chi connectivity index (χ1v) is 4.52. The monoisotopic (exact) mass is 203 g/mol. The Labute approximate surface area is 83.4 Å². The fraction of sp³-hybridized carbons (Fsp3) is 0.778. The molecule has 0 aliphatic rings. The molecule has 0 rings (SSSR count). The summed E-state index contributed by atoms with van der Waals surface area (Å²) in [6.07, 6.45) is 0.829. The molecule has 0 aromatic heterocycles. The minimum Gasteiger partial charge on any atom is -0.480 e. The van der Waals surface area contributed by atoms with Gasteiger partial charge in [0.05, 0.1) is 0 Å². The van der Waals surface area contributed by atoms with Crippen LogP contribution in [0.4, 0.5) is 0 Å². The lowest BCUT2D eigenvalue weighted by Gasteiger charge is -2.20. The number of amides is 1. The Bertz CT molecular complexity index is 213. The number of carboxylic acid groups (broad SMARTS) is 1. The molecule has 1 amide bonds. The summed E-state index contributed by atoms with van der Waals surface area (Å²) in [6.45, 7) is 5.19. The second-order valence-corrected chi connectivity index (χ2v) is 3.53. The molecule has 0 unspecified atom stereocenters. The highest BCUT2D eigenvalue weighted by Gasteiger charge is 2.28. The largest absolute Gasteiger partial charge is 0.480 e. The molecule has 0 spiro atoms. The third kappa shape index (κ3) is 4.81. The van der Waals surface area contributed by atoms with E-state index in [9.17, 15) is 9.59 Å². The Hall–Kier alpha value is -1.10. The number of aliphatic carboxylic acids is 1. The number of nitrogens with one attached hydrogen (secondary N) is 1. The molecule has 0 atom stereocenters. The fourth-order valence-electron chi connectivity index (χ4n) is 0.747. The lowest BCUT2D eigenvalue weighted by molar-refractivity contribution is -0.146. The van der Waals surface area contributed by atoms with Gasteiger partial charge in [0, 0.05) is 6.61 Å². The Morgan fingerprint density at radius 2 is 2.00 bits per heavy atom. The summed E-state index contributed by atoms with van der Waals surface area (Å²) in [5.41, 5.74) is -1.24. The summed E-state index contributed by atoms with van der Waals surface area (Å²) >= 11 is 0. The maximum atomic E-state index is 11.1. The number of carbonyl (C=O) groups is 2. The van der Waals surface area contributed by atoms with Crippen LogP contribution in [0.25, 0.3) is 0 Å². The maximum absolute atomic E-state index is 11.1. The number of rotatable bonds is 6. The highest BCUT2D eigenvalue weighted by atomic mass is 16.5. The van der Waals surface area contributed by atoms with Gasteiger partial charge in [0.1, 0.15) is 12.1 Å². The molecule has 0 aliphatic heterocycles. The standard InChI is InChI=1S/C9H17NO4/c1-4-5-14-6-7(11)10-9(2,3)8(12)13/h4-6H2,1-3H3,(H,10,11)(H,12,13). The second-order valence-electron chi connectivity index (χ2n) is 3.53. The van der Waals surface area contributed by atoms with E-state index in [4.69, 9.17) is 9.84 Å². The van der Waals surface area contributed by atoms with E-state index in [1.807, 2.05) is 6.92 Å². The third-order valence-corrected chi connectivity index (χ3v) is 1.57. The maximum Gasteiger partial charge on any atom is 0.328 e. The number of carbonyl (C=O) groups excluding carboxylic acids is 1. The summed E-state index contributed by atoms with van der Waals surface area (Å²) in [6, 6.07) is 0. The quantitative estimate of drug-likeness (QED) is 0.612. The molecule has 0 aromatic carbocycles. The summed E-state index contributed by atoms with van der Waals surface area (Å²) in [5, 5.41) is 11.1. The molecule has 0 fully saturated rings. The van der Waals surface area contributed by atoms with E-state index in [1.165, 1.54) is 13.8 Å². The second kappa shape index (κ2) is 5.59. The van der Waals surface area contributed by atoms with Crippen LogP contribution in [0.5, 0.6) is 0 Å². The van der Waals surface area contributed by atoms with E-state index < -0.39 is 17.4 Å². The summed E-state index contributed by atoms with van der Waals surface area (Å²) in [5.74, 6) is -1.48. The molecule has 5 heteroatoms. The van der Waals surface area contributed by atoms with Crippen LogP contribution in [0.2, 0.25) is 0 Å². The number of carboxylic acids is 1. The van der Waals surface area contributed by atoms with Gasteiger partial charge in [-0.1, -0.05) is 6.92 Å². The highest BCUT2D eigenvalue weighted by molar-refractivity contribution is 5.86. The van der Waals surface area contributed by atoms with E-state index in [1.54, 1.807) is 0 Å². The van der Waals surface area contributed by atoms with Crippen molar-refractivity contribution in [3.05, 3.63) is 0 Å². The predicted octanol–water partition coefficient (Wildman–Crippen LogP) is 0.392. The van der Waals surface area contributed by atoms with Crippen molar-refractivity contribution in [2.24, 2.45) is 0 Å². The SMILES string of the molecule is CCCOCC(=O)NC(C)(C)C(=O)O. The van der Waals surface area contributed by atoms with Crippen LogP contribution in [-0.4, -0.2) is 35.7 Å². The molecule has 0 aromatic rings. The topological polar surface area (TPSA) is 75.6 Å². The summed E-state index contributed by atoms with van der Waals surface area (Å²) < 4.78 is 4.97. The van der Waals surface area contributed by atoms with Gasteiger partial charge in [-0.25, -0.2) is 4.79 Å². The van der Waals surface area contributed by atoms with Crippen molar-refractivity contribution in [1.29, 1.82) is 0 Å². The van der Waals surface area contributed by atoms with Gasteiger partial charge in [-0.3, -0.25) is 4.79 Å². The molecular formula is C9H17NO4. The van der Waals surface area contributed by atoms with Gasteiger partial charge in [-0.2, -0.15) is 0 Å². The van der Waals surface area contributed by atoms with Crippen molar-refractivity contribution in [3.8, 4) is 0 Å². The molecule has 0 radical (unpaired) electrons. The van der Waals surface area contributed by atoms with Crippen molar-refractivity contribution >= 4 is 11.9 Å². The van der Waals surface area contributed by atoms with Crippen molar-refractivity contribution in [3.63, 3.8) is 0 Å². The Morgan fingerprint density at radius 3 is 2.43 bits per heavy atom. The molecule has 0 aliphatic carbocycles. The van der Waals surface area contributed by atoms with Crippen LogP contribution in [0.3, 0.4) is 0 Å². The zero-order valence-electron chi connectivity index (χ0n) is 8.79. The van der Waals surface area contributed by atoms with Crippen LogP contribution in [0.15, 0.2) is 0 Å². The molecular weight excluding hydrogens is 186 g/mol. The fourth-order valence-corrected chi connectivity index (χ4v) is 0.747. The van der Waals surface area contributed by atoms with Crippen LogP contribution >= 0.6 is 0 Å². The van der Waals surface area contributed by atoms with Crippen molar-refractivity contribution in [2.75, 3.05) is 13.2 Å². The van der Waals surface area contributed by atoms with E-state index in [0.717, 1.165) is 6.42 Å². The van der Waals surface area contributed by atoms with Gasteiger partial charge >= 0.3 is 5.97 Å². The molecule has 14 heavy (non-hydrogen) atoms. The minimum atomic E-state index is -1.24. The van der Waals surface area contributed by atoms with Gasteiger partial charge < -0.3 is 15.2 Å². The van der Waals surface area contributed by atoms with Crippen molar-refractivity contribution in [1.82, 2.24) is 5.32 Å². The first kappa shape index (κ1) is 12.9. The van der Waals surface area contributed by atoms with Crippen LogP contribution in [0, 0.1) is 0 Å². The Balaban J connectivity index is 3.88. The number of hydrogen-bond donors (Lipinski definition) is 2. The van der Waals surface area contributed by atoms with E-state index >= 15 is 0 Å². The van der Waals surface area contributed by atoms with Crippen molar-refractivity contribution in [2.45, 2.75) is 32.7 Å². The van der Waals surface area contributed by atoms with Gasteiger partial charge in [-0.05, 0) is 20.3 Å². The summed E-state index contributed by atoms with van der Waals surface area (Å²) in [4.78, 5) is 21.8. The van der Waals surface area contributed by atoms with Crippen LogP contribution < -0.4 is 5.32 Å². The highest BCUT2D eigenvalue weighted by Crippen LogP contribution is 2.01. The average Bonchev–Trinajstić information content (AvgIpc) is 2.03. The Kier molecular flexibility index (Phi) is 5.15. The minimum absolute atomic E-state index is 0.0927. The van der Waals surface area contributed by atoms with Crippen molar-refractivity contribution < 1.29 is 19.4 Å². The molecule has 2 N–H and O–H groups in total. The van der Waals surface area contributed by atoms with Gasteiger partial charge in [0.25, 0.3) is 0 Å². The first-order valence-electron chi connectivity index (χ1n) is 4.52.